The summed E-state index contributed by atoms with van der Waals surface area (Å²) in [5.74, 6) is -0.242. The zero-order chi connectivity index (χ0) is 17.6. The van der Waals surface area contributed by atoms with E-state index in [-0.39, 0.29) is 11.9 Å². The summed E-state index contributed by atoms with van der Waals surface area (Å²) in [6.45, 7) is 4.65. The number of hydrogen-bond acceptors (Lipinski definition) is 3. The van der Waals surface area contributed by atoms with Crippen LogP contribution in [0.5, 0.6) is 0 Å². The van der Waals surface area contributed by atoms with Gasteiger partial charge in [0.1, 0.15) is 5.82 Å². The molecule has 0 aromatic heterocycles. The lowest BCUT2D eigenvalue weighted by Crippen LogP contribution is -2.48. The van der Waals surface area contributed by atoms with Crippen LogP contribution in [0.1, 0.15) is 11.1 Å². The second-order valence-electron chi connectivity index (χ2n) is 6.62. The first kappa shape index (κ1) is 18.3. The van der Waals surface area contributed by atoms with E-state index in [2.05, 4.69) is 9.80 Å². The molecule has 0 saturated carbocycles. The molecule has 1 fully saturated rings. The molecular formula is C20H24ClFN2O. The lowest BCUT2D eigenvalue weighted by molar-refractivity contribution is 0.0701. The van der Waals surface area contributed by atoms with Crippen LogP contribution >= 0.6 is 11.6 Å². The number of nitrogens with zero attached hydrogens (tertiary/aromatic N) is 2. The van der Waals surface area contributed by atoms with Gasteiger partial charge < -0.3 is 5.11 Å². The molecule has 0 bridgehead atoms. The van der Waals surface area contributed by atoms with E-state index < -0.39 is 0 Å². The number of aliphatic hydroxyl groups excluding tert-OH is 1. The molecule has 2 aromatic carbocycles. The predicted molar refractivity (Wildman–Crippen MR) is 99.3 cm³/mol. The van der Waals surface area contributed by atoms with Crippen LogP contribution in [0.25, 0.3) is 0 Å². The third-order valence-electron chi connectivity index (χ3n) is 4.69. The fourth-order valence-electron chi connectivity index (χ4n) is 3.29. The predicted octanol–water partition coefficient (Wildman–Crippen LogP) is 3.20. The molecule has 5 heteroatoms. The number of benzene rings is 2. The molecule has 0 aliphatic carbocycles. The molecule has 1 saturated heterocycles. The number of rotatable bonds is 6. The fraction of sp³-hybridized carbons (Fsp3) is 0.400. The van der Waals surface area contributed by atoms with Crippen LogP contribution in [0.3, 0.4) is 0 Å². The van der Waals surface area contributed by atoms with Crippen molar-refractivity contribution in [3.8, 4) is 0 Å². The first-order chi connectivity index (χ1) is 12.1. The van der Waals surface area contributed by atoms with Crippen LogP contribution in [0, 0.1) is 5.82 Å². The Kier molecular flexibility index (Phi) is 6.43. The molecule has 1 aliphatic rings. The highest BCUT2D eigenvalue weighted by Crippen LogP contribution is 2.21. The van der Waals surface area contributed by atoms with Crippen LogP contribution in [-0.4, -0.2) is 53.7 Å². The number of piperazine rings is 1. The highest BCUT2D eigenvalue weighted by Gasteiger charge is 2.21. The van der Waals surface area contributed by atoms with E-state index in [1.54, 1.807) is 12.1 Å². The first-order valence-electron chi connectivity index (χ1n) is 8.71. The number of halogens is 2. The van der Waals surface area contributed by atoms with Gasteiger partial charge in [0.15, 0.2) is 0 Å². The monoisotopic (exact) mass is 362 g/mol. The van der Waals surface area contributed by atoms with Crippen molar-refractivity contribution in [3.63, 3.8) is 0 Å². The normalized spacial score (nSPS) is 17.6. The van der Waals surface area contributed by atoms with Gasteiger partial charge in [-0.2, -0.15) is 0 Å². The van der Waals surface area contributed by atoms with Gasteiger partial charge in [0.25, 0.3) is 0 Å². The summed E-state index contributed by atoms with van der Waals surface area (Å²) < 4.78 is 13.9. The Bertz CT molecular complexity index is 654. The number of β-amino-alcohol motifs (C(OH)–C–C–N with tert-alkyl or cyclic N) is 1. The van der Waals surface area contributed by atoms with E-state index in [4.69, 9.17) is 11.6 Å². The van der Waals surface area contributed by atoms with Gasteiger partial charge in [0.2, 0.25) is 0 Å². The van der Waals surface area contributed by atoms with Crippen molar-refractivity contribution in [1.29, 1.82) is 0 Å². The van der Waals surface area contributed by atoms with E-state index in [0.29, 0.717) is 30.1 Å². The van der Waals surface area contributed by atoms with Gasteiger partial charge in [0.05, 0.1) is 6.10 Å². The van der Waals surface area contributed by atoms with E-state index >= 15 is 0 Å². The molecule has 1 aliphatic heterocycles. The molecule has 0 radical (unpaired) electrons. The lowest BCUT2D eigenvalue weighted by atomic mass is 10.1. The molecule has 3 rings (SSSR count). The third kappa shape index (κ3) is 5.25. The molecule has 3 nitrogen and oxygen atoms in total. The number of aliphatic hydroxyl groups is 1. The molecule has 1 atom stereocenters. The van der Waals surface area contributed by atoms with E-state index in [1.807, 2.05) is 30.3 Å². The molecule has 134 valence electrons. The standard InChI is InChI=1S/C20H24ClFN2O/c21-19-7-4-8-20(22)18(19)15-24-11-9-23(10-12-24)14-17(25)13-16-5-2-1-3-6-16/h1-8,17,25H,9-15H2. The molecule has 25 heavy (non-hydrogen) atoms. The van der Waals surface area contributed by atoms with Crippen LogP contribution in [0.15, 0.2) is 48.5 Å². The Morgan fingerprint density at radius 1 is 0.960 bits per heavy atom. The third-order valence-corrected chi connectivity index (χ3v) is 5.05. The molecule has 0 spiro atoms. The Balaban J connectivity index is 1.45. The van der Waals surface area contributed by atoms with Gasteiger partial charge >= 0.3 is 0 Å². The summed E-state index contributed by atoms with van der Waals surface area (Å²) in [6.07, 6.45) is 0.307. The Hall–Kier alpha value is -1.46. The van der Waals surface area contributed by atoms with Gasteiger partial charge in [-0.25, -0.2) is 4.39 Å². The van der Waals surface area contributed by atoms with E-state index in [0.717, 1.165) is 31.7 Å². The Labute approximate surface area is 153 Å². The van der Waals surface area contributed by atoms with Crippen molar-refractivity contribution in [2.75, 3.05) is 32.7 Å². The summed E-state index contributed by atoms with van der Waals surface area (Å²) in [5.41, 5.74) is 1.73. The summed E-state index contributed by atoms with van der Waals surface area (Å²) in [5, 5.41) is 10.8. The topological polar surface area (TPSA) is 26.7 Å². The lowest BCUT2D eigenvalue weighted by Gasteiger charge is -2.35. The maximum Gasteiger partial charge on any atom is 0.129 e. The van der Waals surface area contributed by atoms with Crippen molar-refractivity contribution in [2.24, 2.45) is 0 Å². The molecular weight excluding hydrogens is 339 g/mol. The summed E-state index contributed by atoms with van der Waals surface area (Å²) in [7, 11) is 0. The van der Waals surface area contributed by atoms with Gasteiger partial charge in [-0.1, -0.05) is 48.0 Å². The maximum atomic E-state index is 13.9. The second kappa shape index (κ2) is 8.77. The van der Waals surface area contributed by atoms with E-state index in [9.17, 15) is 9.50 Å². The highest BCUT2D eigenvalue weighted by atomic mass is 35.5. The largest absolute Gasteiger partial charge is 0.391 e. The zero-order valence-electron chi connectivity index (χ0n) is 14.2. The summed E-state index contributed by atoms with van der Waals surface area (Å²) in [4.78, 5) is 4.48. The maximum absolute atomic E-state index is 13.9. The van der Waals surface area contributed by atoms with Crippen molar-refractivity contribution in [1.82, 2.24) is 9.80 Å². The van der Waals surface area contributed by atoms with Crippen LogP contribution in [0.4, 0.5) is 4.39 Å². The van der Waals surface area contributed by atoms with Gasteiger partial charge in [-0.3, -0.25) is 9.80 Å². The average Bonchev–Trinajstić information content (AvgIpc) is 2.60. The van der Waals surface area contributed by atoms with Gasteiger partial charge in [0, 0.05) is 49.9 Å². The SMILES string of the molecule is OC(Cc1ccccc1)CN1CCN(Cc2c(F)cccc2Cl)CC1. The minimum Gasteiger partial charge on any atom is -0.391 e. The summed E-state index contributed by atoms with van der Waals surface area (Å²) >= 11 is 6.11. The highest BCUT2D eigenvalue weighted by molar-refractivity contribution is 6.31. The minimum atomic E-state index is -0.366. The first-order valence-corrected chi connectivity index (χ1v) is 9.09. The van der Waals surface area contributed by atoms with Crippen molar-refractivity contribution in [2.45, 2.75) is 19.1 Å². The molecule has 0 amide bonds. The van der Waals surface area contributed by atoms with Crippen molar-refractivity contribution in [3.05, 3.63) is 70.5 Å². The second-order valence-corrected chi connectivity index (χ2v) is 7.03. The number of hydrogen-bond donors (Lipinski definition) is 1. The Morgan fingerprint density at radius 2 is 1.64 bits per heavy atom. The zero-order valence-corrected chi connectivity index (χ0v) is 15.0. The van der Waals surface area contributed by atoms with Gasteiger partial charge in [-0.05, 0) is 24.1 Å². The fourth-order valence-corrected chi connectivity index (χ4v) is 3.51. The molecule has 1 heterocycles. The van der Waals surface area contributed by atoms with Crippen molar-refractivity contribution >= 4 is 11.6 Å². The minimum absolute atomic E-state index is 0.242. The van der Waals surface area contributed by atoms with Gasteiger partial charge in [-0.15, -0.1) is 0 Å². The smallest absolute Gasteiger partial charge is 0.129 e. The molecule has 1 unspecified atom stereocenters. The molecule has 1 N–H and O–H groups in total. The molecule has 2 aromatic rings. The Morgan fingerprint density at radius 3 is 2.32 bits per heavy atom. The summed E-state index contributed by atoms with van der Waals surface area (Å²) in [6, 6.07) is 14.9. The van der Waals surface area contributed by atoms with Crippen LogP contribution in [0.2, 0.25) is 5.02 Å². The van der Waals surface area contributed by atoms with Crippen LogP contribution in [-0.2, 0) is 13.0 Å². The van der Waals surface area contributed by atoms with Crippen molar-refractivity contribution < 1.29 is 9.50 Å². The van der Waals surface area contributed by atoms with Crippen LogP contribution < -0.4 is 0 Å². The average molecular weight is 363 g/mol. The van der Waals surface area contributed by atoms with E-state index in [1.165, 1.54) is 6.07 Å². The quantitative estimate of drug-likeness (QED) is 0.854.